The van der Waals surface area contributed by atoms with Crippen LogP contribution in [0.3, 0.4) is 0 Å². The first-order valence-corrected chi connectivity index (χ1v) is 8.26. The molecular weight excluding hydrogens is 332 g/mol. The predicted octanol–water partition coefficient (Wildman–Crippen LogP) is 3.91. The number of aryl methyl sites for hydroxylation is 1. The molecule has 1 aromatic carbocycles. The van der Waals surface area contributed by atoms with Crippen molar-refractivity contribution in [3.8, 4) is 17.1 Å². The van der Waals surface area contributed by atoms with Crippen molar-refractivity contribution in [1.29, 1.82) is 0 Å². The van der Waals surface area contributed by atoms with Crippen LogP contribution < -0.4 is 10.1 Å². The van der Waals surface area contributed by atoms with Crippen LogP contribution in [0.2, 0.25) is 0 Å². The van der Waals surface area contributed by atoms with Crippen molar-refractivity contribution >= 4 is 22.6 Å². The standard InChI is InChI=1S/C19H18N4O3/c1-3-23-16-9-14(25-2)5-4-12(16)8-17(23)15-10-18(22-21-15)20-19(24)13-6-7-26-11-13/h4-11H,3H2,1-2H3,(H2,20,21,22,24). The van der Waals surface area contributed by atoms with E-state index in [0.717, 1.165) is 34.6 Å². The van der Waals surface area contributed by atoms with Crippen LogP contribution in [0.5, 0.6) is 5.75 Å². The molecule has 4 rings (SSSR count). The first kappa shape index (κ1) is 16.0. The summed E-state index contributed by atoms with van der Waals surface area (Å²) in [6.45, 7) is 2.88. The van der Waals surface area contributed by atoms with Crippen LogP contribution in [-0.4, -0.2) is 27.8 Å². The van der Waals surface area contributed by atoms with Crippen molar-refractivity contribution in [2.24, 2.45) is 0 Å². The molecule has 4 aromatic rings. The van der Waals surface area contributed by atoms with Crippen LogP contribution in [0.15, 0.2) is 53.3 Å². The molecule has 0 bridgehead atoms. The van der Waals surface area contributed by atoms with E-state index in [4.69, 9.17) is 9.15 Å². The van der Waals surface area contributed by atoms with Crippen LogP contribution in [0, 0.1) is 0 Å². The lowest BCUT2D eigenvalue weighted by Crippen LogP contribution is -2.10. The maximum absolute atomic E-state index is 12.1. The van der Waals surface area contributed by atoms with Gasteiger partial charge in [-0.2, -0.15) is 5.10 Å². The Morgan fingerprint density at radius 1 is 1.31 bits per heavy atom. The fraction of sp³-hybridized carbons (Fsp3) is 0.158. The number of fused-ring (bicyclic) bond motifs is 1. The third-order valence-corrected chi connectivity index (χ3v) is 4.31. The molecule has 0 aliphatic rings. The monoisotopic (exact) mass is 350 g/mol. The van der Waals surface area contributed by atoms with Crippen LogP contribution in [0.25, 0.3) is 22.3 Å². The van der Waals surface area contributed by atoms with Gasteiger partial charge in [0.1, 0.15) is 12.0 Å². The molecule has 3 aromatic heterocycles. The van der Waals surface area contributed by atoms with Crippen molar-refractivity contribution < 1.29 is 13.9 Å². The normalized spacial score (nSPS) is 11.0. The lowest BCUT2D eigenvalue weighted by molar-refractivity contribution is 0.102. The van der Waals surface area contributed by atoms with Crippen molar-refractivity contribution in [2.45, 2.75) is 13.5 Å². The van der Waals surface area contributed by atoms with Gasteiger partial charge in [0, 0.05) is 24.1 Å². The molecular formula is C19H18N4O3. The molecule has 0 radical (unpaired) electrons. The van der Waals surface area contributed by atoms with Gasteiger partial charge in [0.15, 0.2) is 5.82 Å². The van der Waals surface area contributed by atoms with Gasteiger partial charge in [0.2, 0.25) is 0 Å². The first-order valence-electron chi connectivity index (χ1n) is 8.26. The highest BCUT2D eigenvalue weighted by molar-refractivity contribution is 6.03. The Bertz CT molecular complexity index is 1060. The topological polar surface area (TPSA) is 85.1 Å². The first-order chi connectivity index (χ1) is 12.7. The Kier molecular flexibility index (Phi) is 3.96. The molecule has 0 aliphatic carbocycles. The number of nitrogens with zero attached hydrogens (tertiary/aromatic N) is 2. The molecule has 7 nitrogen and oxygen atoms in total. The zero-order valence-electron chi connectivity index (χ0n) is 14.4. The summed E-state index contributed by atoms with van der Waals surface area (Å²) in [6.07, 6.45) is 2.85. The van der Waals surface area contributed by atoms with E-state index in [1.807, 2.05) is 24.3 Å². The van der Waals surface area contributed by atoms with Gasteiger partial charge in [-0.25, -0.2) is 0 Å². The Balaban J connectivity index is 1.68. The number of anilines is 1. The zero-order chi connectivity index (χ0) is 18.1. The number of furan rings is 1. The summed E-state index contributed by atoms with van der Waals surface area (Å²) < 4.78 is 12.4. The van der Waals surface area contributed by atoms with Crippen molar-refractivity contribution in [2.75, 3.05) is 12.4 Å². The summed E-state index contributed by atoms with van der Waals surface area (Å²) >= 11 is 0. The smallest absolute Gasteiger partial charge is 0.260 e. The number of hydrogen-bond acceptors (Lipinski definition) is 4. The van der Waals surface area contributed by atoms with Gasteiger partial charge in [-0.15, -0.1) is 0 Å². The number of carbonyl (C=O) groups excluding carboxylic acids is 1. The van der Waals surface area contributed by atoms with Gasteiger partial charge in [-0.3, -0.25) is 9.89 Å². The lowest BCUT2D eigenvalue weighted by Gasteiger charge is -2.07. The second-order valence-corrected chi connectivity index (χ2v) is 5.83. The number of amides is 1. The highest BCUT2D eigenvalue weighted by Crippen LogP contribution is 2.30. The fourth-order valence-corrected chi connectivity index (χ4v) is 3.02. The minimum absolute atomic E-state index is 0.266. The molecule has 7 heteroatoms. The number of carbonyl (C=O) groups is 1. The molecule has 26 heavy (non-hydrogen) atoms. The number of rotatable bonds is 5. The van der Waals surface area contributed by atoms with Crippen LogP contribution >= 0.6 is 0 Å². The van der Waals surface area contributed by atoms with E-state index in [0.29, 0.717) is 11.4 Å². The zero-order valence-corrected chi connectivity index (χ0v) is 14.4. The largest absolute Gasteiger partial charge is 0.497 e. The van der Waals surface area contributed by atoms with Crippen LogP contribution in [0.4, 0.5) is 5.82 Å². The molecule has 0 saturated heterocycles. The number of aromatic amines is 1. The average molecular weight is 350 g/mol. The highest BCUT2D eigenvalue weighted by atomic mass is 16.5. The predicted molar refractivity (Wildman–Crippen MR) is 98.4 cm³/mol. The molecule has 0 atom stereocenters. The van der Waals surface area contributed by atoms with Crippen molar-refractivity contribution in [1.82, 2.24) is 14.8 Å². The van der Waals surface area contributed by atoms with Gasteiger partial charge < -0.3 is 19.0 Å². The van der Waals surface area contributed by atoms with E-state index in [1.165, 1.54) is 12.5 Å². The van der Waals surface area contributed by atoms with Crippen molar-refractivity contribution in [3.63, 3.8) is 0 Å². The summed E-state index contributed by atoms with van der Waals surface area (Å²) in [5, 5.41) is 11.1. The molecule has 3 heterocycles. The average Bonchev–Trinajstić information content (AvgIpc) is 3.39. The van der Waals surface area contributed by atoms with Gasteiger partial charge in [-0.05, 0) is 31.2 Å². The highest BCUT2D eigenvalue weighted by Gasteiger charge is 2.14. The number of benzene rings is 1. The number of methoxy groups -OCH3 is 1. The maximum Gasteiger partial charge on any atom is 0.260 e. The van der Waals surface area contributed by atoms with E-state index in [-0.39, 0.29) is 5.91 Å². The Morgan fingerprint density at radius 3 is 2.92 bits per heavy atom. The SMILES string of the molecule is CCn1c(-c2cc(NC(=O)c3ccoc3)n[nH]2)cc2ccc(OC)cc21. The van der Waals surface area contributed by atoms with Crippen LogP contribution in [0.1, 0.15) is 17.3 Å². The molecule has 0 unspecified atom stereocenters. The van der Waals surface area contributed by atoms with Gasteiger partial charge in [0.05, 0.1) is 35.8 Å². The van der Waals surface area contributed by atoms with Gasteiger partial charge in [0.25, 0.3) is 5.91 Å². The number of ether oxygens (including phenoxy) is 1. The van der Waals surface area contributed by atoms with Crippen LogP contribution in [-0.2, 0) is 6.54 Å². The number of nitrogens with one attached hydrogen (secondary N) is 2. The van der Waals surface area contributed by atoms with E-state index in [2.05, 4.69) is 33.1 Å². The third kappa shape index (κ3) is 2.73. The number of hydrogen-bond donors (Lipinski definition) is 2. The maximum atomic E-state index is 12.1. The van der Waals surface area contributed by atoms with Gasteiger partial charge >= 0.3 is 0 Å². The molecule has 2 N–H and O–H groups in total. The number of aromatic nitrogens is 3. The molecule has 1 amide bonds. The molecule has 0 saturated carbocycles. The second-order valence-electron chi connectivity index (χ2n) is 5.83. The van der Waals surface area contributed by atoms with E-state index in [9.17, 15) is 4.79 Å². The van der Waals surface area contributed by atoms with E-state index < -0.39 is 0 Å². The van der Waals surface area contributed by atoms with E-state index in [1.54, 1.807) is 13.2 Å². The minimum Gasteiger partial charge on any atom is -0.497 e. The fourth-order valence-electron chi connectivity index (χ4n) is 3.02. The van der Waals surface area contributed by atoms with Crippen molar-refractivity contribution in [3.05, 3.63) is 54.5 Å². The Labute approximate surface area is 149 Å². The molecule has 0 spiro atoms. The Hall–Kier alpha value is -3.48. The minimum atomic E-state index is -0.266. The second kappa shape index (κ2) is 6.44. The number of H-pyrrole nitrogens is 1. The van der Waals surface area contributed by atoms with E-state index >= 15 is 0 Å². The quantitative estimate of drug-likeness (QED) is 0.571. The summed E-state index contributed by atoms with van der Waals surface area (Å²) in [6, 6.07) is 11.5. The summed E-state index contributed by atoms with van der Waals surface area (Å²) in [4.78, 5) is 12.1. The van der Waals surface area contributed by atoms with Gasteiger partial charge in [-0.1, -0.05) is 0 Å². The lowest BCUT2D eigenvalue weighted by atomic mass is 10.2. The molecule has 132 valence electrons. The third-order valence-electron chi connectivity index (χ3n) is 4.31. The summed E-state index contributed by atoms with van der Waals surface area (Å²) in [5.74, 6) is 1.00. The summed E-state index contributed by atoms with van der Waals surface area (Å²) in [5.41, 5.74) is 3.35. The molecule has 0 fully saturated rings. The summed E-state index contributed by atoms with van der Waals surface area (Å²) in [7, 11) is 1.66. The Morgan fingerprint density at radius 2 is 2.19 bits per heavy atom. The molecule has 0 aliphatic heterocycles.